The number of anilines is 1. The highest BCUT2D eigenvalue weighted by molar-refractivity contribution is 8.23. The molecule has 0 saturated carbocycles. The average molecular weight is 357 g/mol. The minimum atomic E-state index is -4.49. The maximum absolute atomic E-state index is 12.6. The van der Waals surface area contributed by atoms with Gasteiger partial charge < -0.3 is 10.2 Å². The van der Waals surface area contributed by atoms with E-state index in [9.17, 15) is 18.0 Å². The quantitative estimate of drug-likeness (QED) is 0.833. The molecule has 0 fully saturated rings. The second-order valence-electron chi connectivity index (χ2n) is 4.19. The summed E-state index contributed by atoms with van der Waals surface area (Å²) in [6.07, 6.45) is -4.49. The van der Waals surface area contributed by atoms with Gasteiger partial charge in [-0.1, -0.05) is 35.6 Å². The number of carbonyl (C=O) groups is 1. The first-order chi connectivity index (χ1) is 9.61. The van der Waals surface area contributed by atoms with Gasteiger partial charge in [-0.2, -0.15) is 13.2 Å². The van der Waals surface area contributed by atoms with Gasteiger partial charge in [-0.05, 0) is 18.2 Å². The third kappa shape index (κ3) is 5.72. The van der Waals surface area contributed by atoms with Gasteiger partial charge >= 0.3 is 6.18 Å². The molecule has 0 spiro atoms. The first kappa shape index (κ1) is 18.1. The number of thioether (sulfide) groups is 1. The normalized spacial score (nSPS) is 11.1. The van der Waals surface area contributed by atoms with Crippen LogP contribution in [0.2, 0.25) is 5.02 Å². The topological polar surface area (TPSA) is 32.3 Å². The Kier molecular flexibility index (Phi) is 6.30. The molecule has 0 aliphatic carbocycles. The van der Waals surface area contributed by atoms with Gasteiger partial charge in [0.2, 0.25) is 5.91 Å². The highest BCUT2D eigenvalue weighted by Crippen LogP contribution is 2.33. The van der Waals surface area contributed by atoms with Crippen LogP contribution in [-0.2, 0) is 11.0 Å². The number of amides is 1. The monoisotopic (exact) mass is 356 g/mol. The highest BCUT2D eigenvalue weighted by Gasteiger charge is 2.31. The summed E-state index contributed by atoms with van der Waals surface area (Å²) in [5.74, 6) is -0.491. The largest absolute Gasteiger partial charge is 0.416 e. The molecule has 21 heavy (non-hydrogen) atoms. The van der Waals surface area contributed by atoms with Crippen molar-refractivity contribution in [2.75, 3.05) is 25.2 Å². The Bertz CT molecular complexity index is 550. The van der Waals surface area contributed by atoms with Gasteiger partial charge in [-0.3, -0.25) is 4.79 Å². The zero-order valence-electron chi connectivity index (χ0n) is 11.1. The van der Waals surface area contributed by atoms with Crippen LogP contribution >= 0.6 is 35.6 Å². The number of nitrogens with zero attached hydrogens (tertiary/aromatic N) is 1. The summed E-state index contributed by atoms with van der Waals surface area (Å²) in [5.41, 5.74) is -0.952. The SMILES string of the molecule is CN(C)C(=S)SCC(=O)Nc1cc(C(F)(F)F)ccc1Cl. The van der Waals surface area contributed by atoms with Crippen molar-refractivity contribution in [3.05, 3.63) is 28.8 Å². The van der Waals surface area contributed by atoms with Crippen LogP contribution < -0.4 is 5.32 Å². The Morgan fingerprint density at radius 1 is 1.43 bits per heavy atom. The molecule has 0 aliphatic heterocycles. The predicted molar refractivity (Wildman–Crippen MR) is 83.8 cm³/mol. The van der Waals surface area contributed by atoms with Crippen molar-refractivity contribution in [3.63, 3.8) is 0 Å². The minimum absolute atomic E-state index is 0.0103. The number of benzene rings is 1. The van der Waals surface area contributed by atoms with Crippen LogP contribution in [0.4, 0.5) is 18.9 Å². The van der Waals surface area contributed by atoms with Gasteiger partial charge in [0.1, 0.15) is 4.32 Å². The highest BCUT2D eigenvalue weighted by atomic mass is 35.5. The molecule has 116 valence electrons. The fraction of sp³-hybridized carbons (Fsp3) is 0.333. The van der Waals surface area contributed by atoms with Gasteiger partial charge in [0.05, 0.1) is 22.0 Å². The van der Waals surface area contributed by atoms with Gasteiger partial charge in [-0.25, -0.2) is 0 Å². The maximum atomic E-state index is 12.6. The molecule has 1 amide bonds. The molecule has 3 nitrogen and oxygen atoms in total. The lowest BCUT2D eigenvalue weighted by atomic mass is 10.2. The summed E-state index contributed by atoms with van der Waals surface area (Å²) in [6, 6.07) is 2.75. The van der Waals surface area contributed by atoms with Crippen molar-refractivity contribution < 1.29 is 18.0 Å². The van der Waals surface area contributed by atoms with Crippen molar-refractivity contribution in [3.8, 4) is 0 Å². The molecule has 0 radical (unpaired) electrons. The van der Waals surface area contributed by atoms with Gasteiger partial charge in [0.25, 0.3) is 0 Å². The standard InChI is InChI=1S/C12H12ClF3N2OS2/c1-18(2)11(20)21-6-10(19)17-9-5-7(12(14,15)16)3-4-8(9)13/h3-5H,6H2,1-2H3,(H,17,19). The lowest BCUT2D eigenvalue weighted by molar-refractivity contribution is -0.137. The zero-order valence-corrected chi connectivity index (χ0v) is 13.5. The average Bonchev–Trinajstić information content (AvgIpc) is 2.37. The van der Waals surface area contributed by atoms with Crippen molar-refractivity contribution in [1.82, 2.24) is 4.90 Å². The fourth-order valence-corrected chi connectivity index (χ4v) is 2.17. The third-order valence-corrected chi connectivity index (χ3v) is 4.33. The molecule has 0 bridgehead atoms. The van der Waals surface area contributed by atoms with E-state index in [0.717, 1.165) is 30.0 Å². The van der Waals surface area contributed by atoms with Crippen LogP contribution in [0.5, 0.6) is 0 Å². The van der Waals surface area contributed by atoms with E-state index in [1.54, 1.807) is 19.0 Å². The van der Waals surface area contributed by atoms with E-state index < -0.39 is 17.6 Å². The minimum Gasteiger partial charge on any atom is -0.364 e. The predicted octanol–water partition coefficient (Wildman–Crippen LogP) is 3.88. The molecule has 0 aromatic heterocycles. The van der Waals surface area contributed by atoms with Crippen LogP contribution in [0.1, 0.15) is 5.56 Å². The number of nitrogens with one attached hydrogen (secondary N) is 1. The summed E-state index contributed by atoms with van der Waals surface area (Å²) < 4.78 is 38.3. The summed E-state index contributed by atoms with van der Waals surface area (Å²) in [4.78, 5) is 13.4. The van der Waals surface area contributed by atoms with E-state index in [-0.39, 0.29) is 16.5 Å². The molecule has 0 unspecified atom stereocenters. The second-order valence-corrected chi connectivity index (χ2v) is 6.21. The van der Waals surface area contributed by atoms with Crippen LogP contribution in [0.3, 0.4) is 0 Å². The lowest BCUT2D eigenvalue weighted by Crippen LogP contribution is -2.21. The van der Waals surface area contributed by atoms with E-state index in [1.165, 1.54) is 0 Å². The number of carbonyl (C=O) groups excluding carboxylic acids is 1. The molecular weight excluding hydrogens is 345 g/mol. The number of thiocarbonyl (C=S) groups is 1. The van der Waals surface area contributed by atoms with E-state index in [4.69, 9.17) is 23.8 Å². The molecule has 0 heterocycles. The lowest BCUT2D eigenvalue weighted by Gasteiger charge is -2.13. The molecule has 1 N–H and O–H groups in total. The van der Waals surface area contributed by atoms with Gasteiger partial charge in [0.15, 0.2) is 0 Å². The van der Waals surface area contributed by atoms with Crippen molar-refractivity contribution in [2.24, 2.45) is 0 Å². The Balaban J connectivity index is 2.74. The van der Waals surface area contributed by atoms with E-state index in [2.05, 4.69) is 5.32 Å². The second kappa shape index (κ2) is 7.33. The number of hydrogen-bond acceptors (Lipinski definition) is 3. The molecule has 0 saturated heterocycles. The molecule has 9 heteroatoms. The molecule has 1 rings (SSSR count). The maximum Gasteiger partial charge on any atom is 0.416 e. The Hall–Kier alpha value is -0.990. The number of halogens is 4. The summed E-state index contributed by atoms with van der Waals surface area (Å²) in [5, 5.41) is 2.39. The smallest absolute Gasteiger partial charge is 0.364 e. The van der Waals surface area contributed by atoms with E-state index in [1.807, 2.05) is 0 Å². The fourth-order valence-electron chi connectivity index (χ4n) is 1.24. The summed E-state index contributed by atoms with van der Waals surface area (Å²) in [6.45, 7) is 0. The molecule has 1 aromatic carbocycles. The van der Waals surface area contributed by atoms with E-state index >= 15 is 0 Å². The van der Waals surface area contributed by atoms with Crippen molar-refractivity contribution in [1.29, 1.82) is 0 Å². The molecular formula is C12H12ClF3N2OS2. The number of hydrogen-bond donors (Lipinski definition) is 1. The summed E-state index contributed by atoms with van der Waals surface area (Å²) >= 11 is 11.9. The first-order valence-corrected chi connectivity index (χ1v) is 7.39. The van der Waals surface area contributed by atoms with Crippen LogP contribution in [0.15, 0.2) is 18.2 Å². The summed E-state index contributed by atoms with van der Waals surface area (Å²) in [7, 11) is 3.47. The van der Waals surface area contributed by atoms with Gasteiger partial charge in [0, 0.05) is 14.1 Å². The van der Waals surface area contributed by atoms with Crippen LogP contribution in [-0.4, -0.2) is 35.0 Å². The Morgan fingerprint density at radius 3 is 2.57 bits per heavy atom. The van der Waals surface area contributed by atoms with Gasteiger partial charge in [-0.15, -0.1) is 0 Å². The Labute approximate surface area is 134 Å². The van der Waals surface area contributed by atoms with Crippen LogP contribution in [0.25, 0.3) is 0 Å². The molecule has 0 atom stereocenters. The number of rotatable bonds is 3. The Morgan fingerprint density at radius 2 is 2.05 bits per heavy atom. The van der Waals surface area contributed by atoms with Crippen molar-refractivity contribution >= 4 is 51.5 Å². The van der Waals surface area contributed by atoms with Crippen LogP contribution in [0, 0.1) is 0 Å². The van der Waals surface area contributed by atoms with E-state index in [0.29, 0.717) is 4.32 Å². The molecule has 1 aromatic rings. The zero-order chi connectivity index (χ0) is 16.2. The van der Waals surface area contributed by atoms with Crippen molar-refractivity contribution in [2.45, 2.75) is 6.18 Å². The number of alkyl halides is 3. The first-order valence-electron chi connectivity index (χ1n) is 5.62. The third-order valence-electron chi connectivity index (χ3n) is 2.26. The molecule has 0 aliphatic rings.